The Labute approximate surface area is 82.4 Å². The highest BCUT2D eigenvalue weighted by Gasteiger charge is 2.34. The lowest BCUT2D eigenvalue weighted by atomic mass is 10.1. The molecule has 6 nitrogen and oxygen atoms in total. The van der Waals surface area contributed by atoms with Crippen LogP contribution in [0.4, 0.5) is 0 Å². The van der Waals surface area contributed by atoms with Crippen LogP contribution in [-0.4, -0.2) is 47.4 Å². The monoisotopic (exact) mass is 201 g/mol. The summed E-state index contributed by atoms with van der Waals surface area (Å²) in [7, 11) is 0. The van der Waals surface area contributed by atoms with Crippen molar-refractivity contribution in [3.05, 3.63) is 10.1 Å². The summed E-state index contributed by atoms with van der Waals surface area (Å²) in [4.78, 5) is 23.2. The maximum absolute atomic E-state index is 11.0. The molecule has 0 unspecified atom stereocenters. The Bertz CT molecular complexity index is 252. The first kappa shape index (κ1) is 10.9. The van der Waals surface area contributed by atoms with Crippen molar-refractivity contribution in [1.29, 1.82) is 0 Å². The van der Waals surface area contributed by atoms with Gasteiger partial charge in [0.2, 0.25) is 11.4 Å². The van der Waals surface area contributed by atoms with E-state index in [1.807, 2.05) is 4.90 Å². The number of piperazine rings is 1. The van der Waals surface area contributed by atoms with Crippen LogP contribution in [0.15, 0.2) is 0 Å². The molecule has 0 bridgehead atoms. The van der Waals surface area contributed by atoms with Gasteiger partial charge < -0.3 is 5.32 Å². The predicted octanol–water partition coefficient (Wildman–Crippen LogP) is -0.526. The van der Waals surface area contributed by atoms with Gasteiger partial charge in [0.15, 0.2) is 0 Å². The summed E-state index contributed by atoms with van der Waals surface area (Å²) in [5, 5.41) is 13.3. The molecule has 80 valence electrons. The fourth-order valence-electron chi connectivity index (χ4n) is 1.43. The molecule has 0 aromatic carbocycles. The van der Waals surface area contributed by atoms with E-state index < -0.39 is 5.54 Å². The van der Waals surface area contributed by atoms with Gasteiger partial charge in [0, 0.05) is 31.9 Å². The van der Waals surface area contributed by atoms with E-state index in [0.29, 0.717) is 19.6 Å². The third-order valence-electron chi connectivity index (χ3n) is 2.22. The minimum absolute atomic E-state index is 0.0598. The molecule has 1 aliphatic heterocycles. The van der Waals surface area contributed by atoms with Crippen LogP contribution in [0.25, 0.3) is 0 Å². The third-order valence-corrected chi connectivity index (χ3v) is 2.22. The van der Waals surface area contributed by atoms with Crippen LogP contribution < -0.4 is 5.32 Å². The maximum atomic E-state index is 11.0. The molecule has 6 heteroatoms. The summed E-state index contributed by atoms with van der Waals surface area (Å²) in [6, 6.07) is 0. The highest BCUT2D eigenvalue weighted by atomic mass is 16.6. The lowest BCUT2D eigenvalue weighted by Crippen LogP contribution is -2.53. The molecular weight excluding hydrogens is 186 g/mol. The number of carbonyl (C=O) groups excluding carboxylic acids is 1. The molecule has 1 amide bonds. The molecular formula is C8H15N3O3. The maximum Gasteiger partial charge on any atom is 0.234 e. The van der Waals surface area contributed by atoms with Gasteiger partial charge in [0.25, 0.3) is 0 Å². The van der Waals surface area contributed by atoms with Crippen LogP contribution >= 0.6 is 0 Å². The number of nitrogens with zero attached hydrogens (tertiary/aromatic N) is 2. The molecule has 0 saturated carbocycles. The van der Waals surface area contributed by atoms with Crippen molar-refractivity contribution >= 4 is 5.91 Å². The molecule has 0 spiro atoms. The fourth-order valence-corrected chi connectivity index (χ4v) is 1.43. The molecule has 1 aliphatic rings. The van der Waals surface area contributed by atoms with Crippen LogP contribution in [-0.2, 0) is 4.79 Å². The number of hydrogen-bond donors (Lipinski definition) is 1. The van der Waals surface area contributed by atoms with Gasteiger partial charge in [-0.25, -0.2) is 0 Å². The lowest BCUT2D eigenvalue weighted by Gasteiger charge is -2.29. The molecule has 1 N–H and O–H groups in total. The molecule has 0 aromatic heterocycles. The topological polar surface area (TPSA) is 75.5 Å². The van der Waals surface area contributed by atoms with Gasteiger partial charge in [-0.3, -0.25) is 19.8 Å². The normalized spacial score (nSPS) is 19.1. The Hall–Kier alpha value is -1.17. The number of rotatable bonds is 3. The molecule has 0 aromatic rings. The minimum atomic E-state index is -0.988. The summed E-state index contributed by atoms with van der Waals surface area (Å²) >= 11 is 0. The van der Waals surface area contributed by atoms with E-state index in [2.05, 4.69) is 5.32 Å². The first-order chi connectivity index (χ1) is 6.42. The number of amides is 1. The average Bonchev–Trinajstić information content (AvgIpc) is 2.02. The highest BCUT2D eigenvalue weighted by Crippen LogP contribution is 2.10. The Balaban J connectivity index is 2.51. The third kappa shape index (κ3) is 2.66. The lowest BCUT2D eigenvalue weighted by molar-refractivity contribution is -0.560. The second kappa shape index (κ2) is 3.91. The summed E-state index contributed by atoms with van der Waals surface area (Å²) in [5.74, 6) is -0.0598. The van der Waals surface area contributed by atoms with E-state index in [9.17, 15) is 14.9 Å². The van der Waals surface area contributed by atoms with E-state index >= 15 is 0 Å². The Morgan fingerprint density at radius 1 is 1.64 bits per heavy atom. The largest absolute Gasteiger partial charge is 0.354 e. The van der Waals surface area contributed by atoms with E-state index in [0.717, 1.165) is 0 Å². The second-order valence-corrected chi connectivity index (χ2v) is 4.13. The number of hydrogen-bond acceptors (Lipinski definition) is 4. The van der Waals surface area contributed by atoms with Gasteiger partial charge in [0.05, 0.1) is 13.1 Å². The number of nitrogens with one attached hydrogen (secondary N) is 1. The Morgan fingerprint density at radius 2 is 2.29 bits per heavy atom. The van der Waals surface area contributed by atoms with Crippen molar-refractivity contribution in [2.75, 3.05) is 26.2 Å². The van der Waals surface area contributed by atoms with Crippen molar-refractivity contribution in [2.45, 2.75) is 19.4 Å². The molecule has 1 fully saturated rings. The Kier molecular flexibility index (Phi) is 3.05. The van der Waals surface area contributed by atoms with Crippen LogP contribution in [0.3, 0.4) is 0 Å². The zero-order valence-corrected chi connectivity index (χ0v) is 8.45. The van der Waals surface area contributed by atoms with Crippen LogP contribution in [0, 0.1) is 10.1 Å². The van der Waals surface area contributed by atoms with E-state index in [1.54, 1.807) is 13.8 Å². The zero-order valence-electron chi connectivity index (χ0n) is 8.45. The van der Waals surface area contributed by atoms with Gasteiger partial charge in [-0.15, -0.1) is 0 Å². The van der Waals surface area contributed by atoms with Crippen molar-refractivity contribution in [2.24, 2.45) is 0 Å². The minimum Gasteiger partial charge on any atom is -0.354 e. The van der Waals surface area contributed by atoms with Gasteiger partial charge in [-0.05, 0) is 0 Å². The standard InChI is InChI=1S/C8H15N3O3/c1-8(2,11(13)14)6-10-4-3-9-7(12)5-10/h3-6H2,1-2H3,(H,9,12). The fraction of sp³-hybridized carbons (Fsp3) is 0.875. The molecule has 0 aliphatic carbocycles. The zero-order chi connectivity index (χ0) is 10.8. The molecule has 0 atom stereocenters. The number of carbonyl (C=O) groups is 1. The van der Waals surface area contributed by atoms with Crippen LogP contribution in [0.1, 0.15) is 13.8 Å². The summed E-state index contributed by atoms with van der Waals surface area (Å²) in [6.45, 7) is 4.97. The van der Waals surface area contributed by atoms with Crippen molar-refractivity contribution in [3.8, 4) is 0 Å². The van der Waals surface area contributed by atoms with Crippen molar-refractivity contribution < 1.29 is 9.72 Å². The van der Waals surface area contributed by atoms with Gasteiger partial charge in [-0.2, -0.15) is 0 Å². The van der Waals surface area contributed by atoms with Gasteiger partial charge >= 0.3 is 0 Å². The molecule has 1 heterocycles. The smallest absolute Gasteiger partial charge is 0.234 e. The van der Waals surface area contributed by atoms with E-state index in [-0.39, 0.29) is 17.4 Å². The Morgan fingerprint density at radius 3 is 2.79 bits per heavy atom. The SMILES string of the molecule is CC(C)(CN1CCNC(=O)C1)[N+](=O)[O-]. The molecule has 0 radical (unpaired) electrons. The number of nitro groups is 1. The van der Waals surface area contributed by atoms with Gasteiger partial charge in [-0.1, -0.05) is 0 Å². The predicted molar refractivity (Wildman–Crippen MR) is 50.5 cm³/mol. The van der Waals surface area contributed by atoms with Crippen molar-refractivity contribution in [3.63, 3.8) is 0 Å². The second-order valence-electron chi connectivity index (χ2n) is 4.13. The molecule has 1 saturated heterocycles. The first-order valence-corrected chi connectivity index (χ1v) is 4.55. The quantitative estimate of drug-likeness (QED) is 0.492. The summed E-state index contributed by atoms with van der Waals surface area (Å²) in [6.07, 6.45) is 0. The van der Waals surface area contributed by atoms with Gasteiger partial charge in [0.1, 0.15) is 0 Å². The molecule has 1 rings (SSSR count). The van der Waals surface area contributed by atoms with E-state index in [4.69, 9.17) is 0 Å². The summed E-state index contributed by atoms with van der Waals surface area (Å²) in [5.41, 5.74) is -0.988. The van der Waals surface area contributed by atoms with E-state index in [1.165, 1.54) is 0 Å². The average molecular weight is 201 g/mol. The molecule has 14 heavy (non-hydrogen) atoms. The summed E-state index contributed by atoms with van der Waals surface area (Å²) < 4.78 is 0. The van der Waals surface area contributed by atoms with Crippen LogP contribution in [0.2, 0.25) is 0 Å². The highest BCUT2D eigenvalue weighted by molar-refractivity contribution is 5.78. The first-order valence-electron chi connectivity index (χ1n) is 4.55. The van der Waals surface area contributed by atoms with Crippen LogP contribution in [0.5, 0.6) is 0 Å². The van der Waals surface area contributed by atoms with Crippen molar-refractivity contribution in [1.82, 2.24) is 10.2 Å².